The number of alkyl halides is 1. The normalized spacial score (nSPS) is 10.8. The van der Waals surface area contributed by atoms with Crippen molar-refractivity contribution in [3.63, 3.8) is 0 Å². The van der Waals surface area contributed by atoms with E-state index in [4.69, 9.17) is 9.15 Å². The Kier molecular flexibility index (Phi) is 5.06. The summed E-state index contributed by atoms with van der Waals surface area (Å²) in [5, 5.41) is 0.930. The zero-order valence-corrected chi connectivity index (χ0v) is 15.0. The van der Waals surface area contributed by atoms with E-state index in [1.54, 1.807) is 24.5 Å². The Morgan fingerprint density at radius 2 is 1.71 bits per heavy atom. The number of para-hydroxylation sites is 4. The highest BCUT2D eigenvalue weighted by Gasteiger charge is 2.21. The summed E-state index contributed by atoms with van der Waals surface area (Å²) in [6.45, 7) is -0.934. The molecule has 0 aliphatic carbocycles. The van der Waals surface area contributed by atoms with Crippen LogP contribution in [0.2, 0.25) is 0 Å². The summed E-state index contributed by atoms with van der Waals surface area (Å²) in [5.74, 6) is 0.463. The predicted octanol–water partition coefficient (Wildman–Crippen LogP) is 5.73. The maximum Gasteiger partial charge on any atom is 0.258 e. The molecule has 0 aliphatic heterocycles. The average Bonchev–Trinajstić information content (AvgIpc) is 3.22. The molecular formula is C23H18FNO3. The topological polar surface area (TPSA) is 42.7 Å². The molecule has 0 N–H and O–H groups in total. The molecule has 1 heterocycles. The van der Waals surface area contributed by atoms with E-state index in [1.807, 2.05) is 60.7 Å². The van der Waals surface area contributed by atoms with Crippen molar-refractivity contribution in [2.75, 3.05) is 11.6 Å². The van der Waals surface area contributed by atoms with Gasteiger partial charge in [0.15, 0.2) is 12.4 Å². The van der Waals surface area contributed by atoms with Crippen LogP contribution in [0.1, 0.15) is 5.56 Å². The summed E-state index contributed by atoms with van der Waals surface area (Å²) in [6.07, 6.45) is 1.60. The molecule has 5 heteroatoms. The van der Waals surface area contributed by atoms with Gasteiger partial charge in [0, 0.05) is 10.9 Å². The van der Waals surface area contributed by atoms with Gasteiger partial charge in [-0.2, -0.15) is 0 Å². The SMILES string of the molecule is O=C(C[18F])N(Cc1cccc2ccoc12)c1ccccc1Oc1ccccc1. The summed E-state index contributed by atoms with van der Waals surface area (Å²) in [7, 11) is 0. The maximum absolute atomic E-state index is 13.4. The zero-order chi connectivity index (χ0) is 19.3. The Hall–Kier alpha value is -3.60. The monoisotopic (exact) mass is 374 g/mol. The van der Waals surface area contributed by atoms with Gasteiger partial charge in [-0.15, -0.1) is 0 Å². The molecule has 0 atom stereocenters. The number of amides is 1. The standard InChI is InChI=1S/C23H18FNO3/c24-15-22(26)25(16-18-8-6-7-17-13-14-27-23(17)18)20-11-4-5-12-21(20)28-19-9-2-1-3-10-19/h1-14H,15-16H2/i24-1. The lowest BCUT2D eigenvalue weighted by atomic mass is 10.1. The molecule has 0 radical (unpaired) electrons. The minimum atomic E-state index is -1.10. The number of nitrogens with zero attached hydrogens (tertiary/aromatic N) is 1. The minimum Gasteiger partial charge on any atom is -0.464 e. The molecule has 4 aromatic rings. The molecule has 4 nitrogen and oxygen atoms in total. The molecule has 4 rings (SSSR count). The third kappa shape index (κ3) is 3.60. The first-order valence-electron chi connectivity index (χ1n) is 8.89. The average molecular weight is 374 g/mol. The summed E-state index contributed by atoms with van der Waals surface area (Å²) in [5.41, 5.74) is 1.97. The molecule has 0 bridgehead atoms. The lowest BCUT2D eigenvalue weighted by molar-refractivity contribution is -0.119. The van der Waals surface area contributed by atoms with Gasteiger partial charge >= 0.3 is 0 Å². The highest BCUT2D eigenvalue weighted by Crippen LogP contribution is 2.34. The van der Waals surface area contributed by atoms with Crippen LogP contribution in [-0.4, -0.2) is 12.6 Å². The number of furan rings is 1. The Morgan fingerprint density at radius 3 is 2.54 bits per heavy atom. The number of rotatable bonds is 6. The van der Waals surface area contributed by atoms with Crippen molar-refractivity contribution in [3.8, 4) is 11.5 Å². The summed E-state index contributed by atoms with van der Waals surface area (Å²) in [4.78, 5) is 13.8. The number of halogens is 1. The number of carbonyl (C=O) groups excluding carboxylic acids is 1. The van der Waals surface area contributed by atoms with E-state index in [1.165, 1.54) is 4.90 Å². The van der Waals surface area contributed by atoms with E-state index >= 15 is 0 Å². The summed E-state index contributed by atoms with van der Waals surface area (Å²) < 4.78 is 24.9. The van der Waals surface area contributed by atoms with Crippen molar-refractivity contribution in [3.05, 3.63) is 90.7 Å². The Morgan fingerprint density at radius 1 is 0.929 bits per heavy atom. The van der Waals surface area contributed by atoms with Crippen LogP contribution in [0.5, 0.6) is 11.5 Å². The van der Waals surface area contributed by atoms with Crippen molar-refractivity contribution >= 4 is 22.6 Å². The third-order valence-electron chi connectivity index (χ3n) is 4.43. The summed E-state index contributed by atoms with van der Waals surface area (Å²) in [6, 6.07) is 23.9. The molecule has 0 fully saturated rings. The molecule has 140 valence electrons. The highest BCUT2D eigenvalue weighted by atomic mass is 18.2. The lowest BCUT2D eigenvalue weighted by Gasteiger charge is -2.24. The van der Waals surface area contributed by atoms with E-state index in [2.05, 4.69) is 0 Å². The highest BCUT2D eigenvalue weighted by molar-refractivity contribution is 5.96. The van der Waals surface area contributed by atoms with Gasteiger partial charge in [0.1, 0.15) is 11.3 Å². The second kappa shape index (κ2) is 7.96. The summed E-state index contributed by atoms with van der Waals surface area (Å²) >= 11 is 0. The van der Waals surface area contributed by atoms with Crippen molar-refractivity contribution < 1.29 is 18.3 Å². The molecule has 0 saturated heterocycles. The second-order valence-corrected chi connectivity index (χ2v) is 6.25. The molecular weight excluding hydrogens is 356 g/mol. The first-order chi connectivity index (χ1) is 13.8. The van der Waals surface area contributed by atoms with Crippen LogP contribution in [0.15, 0.2) is 89.5 Å². The fourth-order valence-corrected chi connectivity index (χ4v) is 3.11. The van der Waals surface area contributed by atoms with Gasteiger partial charge in [-0.3, -0.25) is 4.79 Å². The fourth-order valence-electron chi connectivity index (χ4n) is 3.11. The number of fused-ring (bicyclic) bond motifs is 1. The van der Waals surface area contributed by atoms with Crippen molar-refractivity contribution in [2.24, 2.45) is 0 Å². The predicted molar refractivity (Wildman–Crippen MR) is 106 cm³/mol. The van der Waals surface area contributed by atoms with Gasteiger partial charge in [-0.25, -0.2) is 4.39 Å². The second-order valence-electron chi connectivity index (χ2n) is 6.25. The molecule has 0 spiro atoms. The van der Waals surface area contributed by atoms with Crippen LogP contribution in [0, 0.1) is 0 Å². The molecule has 0 unspecified atom stereocenters. The van der Waals surface area contributed by atoms with Crippen LogP contribution < -0.4 is 9.64 Å². The number of carbonyl (C=O) groups is 1. The number of hydrogen-bond acceptors (Lipinski definition) is 3. The van der Waals surface area contributed by atoms with Crippen LogP contribution in [0.25, 0.3) is 11.0 Å². The number of benzene rings is 3. The number of anilines is 1. The van der Waals surface area contributed by atoms with E-state index in [0.717, 1.165) is 10.9 Å². The van der Waals surface area contributed by atoms with Gasteiger partial charge < -0.3 is 14.1 Å². The molecule has 1 amide bonds. The van der Waals surface area contributed by atoms with Crippen LogP contribution in [-0.2, 0) is 11.3 Å². The third-order valence-corrected chi connectivity index (χ3v) is 4.43. The molecule has 1 aromatic heterocycles. The number of ether oxygens (including phenoxy) is 1. The Labute approximate surface area is 161 Å². The van der Waals surface area contributed by atoms with Crippen molar-refractivity contribution in [2.45, 2.75) is 6.54 Å². The molecule has 28 heavy (non-hydrogen) atoms. The lowest BCUT2D eigenvalue weighted by Crippen LogP contribution is -2.32. The van der Waals surface area contributed by atoms with Crippen LogP contribution in [0.3, 0.4) is 0 Å². The first-order valence-corrected chi connectivity index (χ1v) is 8.89. The largest absolute Gasteiger partial charge is 0.464 e. The van der Waals surface area contributed by atoms with Gasteiger partial charge in [0.25, 0.3) is 5.91 Å². The Bertz CT molecular complexity index is 1090. The smallest absolute Gasteiger partial charge is 0.258 e. The Balaban J connectivity index is 1.72. The van der Waals surface area contributed by atoms with Crippen LogP contribution >= 0.6 is 0 Å². The van der Waals surface area contributed by atoms with E-state index in [9.17, 15) is 9.18 Å². The zero-order valence-electron chi connectivity index (χ0n) is 15.0. The fraction of sp³-hybridized carbons (Fsp3) is 0.0870. The van der Waals surface area contributed by atoms with Crippen LogP contribution in [0.4, 0.5) is 10.1 Å². The van der Waals surface area contributed by atoms with E-state index in [0.29, 0.717) is 22.8 Å². The van der Waals surface area contributed by atoms with Crippen molar-refractivity contribution in [1.82, 2.24) is 0 Å². The molecule has 0 aliphatic rings. The first kappa shape index (κ1) is 17.8. The van der Waals surface area contributed by atoms with Gasteiger partial charge in [0.05, 0.1) is 18.5 Å². The van der Waals surface area contributed by atoms with E-state index in [-0.39, 0.29) is 6.54 Å². The number of hydrogen-bond donors (Lipinski definition) is 0. The van der Waals surface area contributed by atoms with Gasteiger partial charge in [-0.1, -0.05) is 48.5 Å². The van der Waals surface area contributed by atoms with Gasteiger partial charge in [0.2, 0.25) is 0 Å². The molecule has 0 saturated carbocycles. The maximum atomic E-state index is 13.4. The molecule has 3 aromatic carbocycles. The quantitative estimate of drug-likeness (QED) is 0.433. The van der Waals surface area contributed by atoms with Gasteiger partial charge in [-0.05, 0) is 30.3 Å². The van der Waals surface area contributed by atoms with Crippen molar-refractivity contribution in [1.29, 1.82) is 0 Å². The van der Waals surface area contributed by atoms with E-state index < -0.39 is 12.6 Å². The minimum absolute atomic E-state index is 0.169.